The van der Waals surface area contributed by atoms with Gasteiger partial charge in [0.1, 0.15) is 11.6 Å². The lowest BCUT2D eigenvalue weighted by molar-refractivity contribution is -0.123. The van der Waals surface area contributed by atoms with Gasteiger partial charge < -0.3 is 5.32 Å². The average molecular weight is 443 g/mol. The number of aryl methyl sites for hydroxylation is 2. The number of fused-ring (bicyclic) bond motifs is 1. The van der Waals surface area contributed by atoms with E-state index in [9.17, 15) is 14.0 Å². The summed E-state index contributed by atoms with van der Waals surface area (Å²) >= 11 is 6.11. The van der Waals surface area contributed by atoms with E-state index >= 15 is 0 Å². The van der Waals surface area contributed by atoms with Gasteiger partial charge in [-0.2, -0.15) is 5.10 Å². The Bertz CT molecular complexity index is 1180. The number of carbonyl (C=O) groups excluding carboxylic acids is 1. The summed E-state index contributed by atoms with van der Waals surface area (Å²) in [5.74, 6) is -0.762. The quantitative estimate of drug-likeness (QED) is 0.655. The van der Waals surface area contributed by atoms with Crippen molar-refractivity contribution in [1.82, 2.24) is 19.7 Å². The fourth-order valence-electron chi connectivity index (χ4n) is 3.99. The highest BCUT2D eigenvalue weighted by atomic mass is 35.5. The molecule has 0 fully saturated rings. The Hall–Kier alpha value is -2.93. The Morgan fingerprint density at radius 3 is 2.87 bits per heavy atom. The van der Waals surface area contributed by atoms with Crippen LogP contribution in [0.3, 0.4) is 0 Å². The Morgan fingerprint density at radius 1 is 1.29 bits per heavy atom. The first-order valence-corrected chi connectivity index (χ1v) is 10.7. The molecule has 4 rings (SSSR count). The number of amides is 1. The highest BCUT2D eigenvalue weighted by molar-refractivity contribution is 6.31. The van der Waals surface area contributed by atoms with Gasteiger partial charge in [0.15, 0.2) is 0 Å². The molecule has 3 aromatic rings. The lowest BCUT2D eigenvalue weighted by Gasteiger charge is -2.21. The van der Waals surface area contributed by atoms with Crippen LogP contribution in [0.25, 0.3) is 0 Å². The molecule has 0 bridgehead atoms. The van der Waals surface area contributed by atoms with Crippen molar-refractivity contribution in [1.29, 1.82) is 0 Å². The van der Waals surface area contributed by atoms with E-state index in [0.717, 1.165) is 16.7 Å². The molecule has 8 heteroatoms. The van der Waals surface area contributed by atoms with E-state index < -0.39 is 11.7 Å². The van der Waals surface area contributed by atoms with Gasteiger partial charge in [-0.3, -0.25) is 9.36 Å². The Labute approximate surface area is 184 Å². The molecular formula is C23H24ClFN4O2. The van der Waals surface area contributed by atoms with Crippen LogP contribution in [0.15, 0.2) is 41.2 Å². The van der Waals surface area contributed by atoms with Crippen molar-refractivity contribution in [2.75, 3.05) is 0 Å². The molecule has 1 aliphatic rings. The average Bonchev–Trinajstić information content (AvgIpc) is 3.07. The van der Waals surface area contributed by atoms with Crippen LogP contribution in [0.1, 0.15) is 46.8 Å². The smallest absolute Gasteiger partial charge is 0.346 e. The molecule has 1 atom stereocenters. The topological polar surface area (TPSA) is 68.9 Å². The predicted octanol–water partition coefficient (Wildman–Crippen LogP) is 3.70. The number of carbonyl (C=O) groups is 1. The van der Waals surface area contributed by atoms with Gasteiger partial charge in [-0.25, -0.2) is 13.9 Å². The van der Waals surface area contributed by atoms with Gasteiger partial charge in [-0.1, -0.05) is 41.4 Å². The maximum atomic E-state index is 14.2. The highest BCUT2D eigenvalue weighted by Gasteiger charge is 2.31. The number of benzene rings is 2. The second-order valence-corrected chi connectivity index (χ2v) is 8.40. The fraction of sp³-hybridized carbons (Fsp3) is 0.348. The molecule has 2 aromatic carbocycles. The van der Waals surface area contributed by atoms with E-state index in [1.165, 1.54) is 21.4 Å². The van der Waals surface area contributed by atoms with Gasteiger partial charge in [0, 0.05) is 23.7 Å². The van der Waals surface area contributed by atoms with Gasteiger partial charge in [-0.15, -0.1) is 0 Å². The molecule has 1 amide bonds. The number of nitrogens with zero attached hydrogens (tertiary/aromatic N) is 3. The minimum atomic E-state index is -0.524. The highest BCUT2D eigenvalue weighted by Crippen LogP contribution is 2.26. The Balaban J connectivity index is 1.56. The van der Waals surface area contributed by atoms with Crippen molar-refractivity contribution in [3.63, 3.8) is 0 Å². The maximum absolute atomic E-state index is 14.2. The number of halogens is 2. The Morgan fingerprint density at radius 2 is 2.10 bits per heavy atom. The van der Waals surface area contributed by atoms with Crippen LogP contribution in [0.5, 0.6) is 0 Å². The van der Waals surface area contributed by atoms with E-state index in [1.54, 1.807) is 6.07 Å². The minimum Gasteiger partial charge on any atom is -0.351 e. The SMILES string of the molecule is Cc1ccc(C)c(CNC(=O)C2CCCn3c2nn(Cc2c(F)cccc2Cl)c3=O)c1. The van der Waals surface area contributed by atoms with Crippen LogP contribution in [0.4, 0.5) is 4.39 Å². The Kier molecular flexibility index (Phi) is 5.96. The summed E-state index contributed by atoms with van der Waals surface area (Å²) in [6.07, 6.45) is 1.30. The molecule has 1 aliphatic heterocycles. The molecule has 0 saturated carbocycles. The van der Waals surface area contributed by atoms with Crippen LogP contribution in [0, 0.1) is 19.7 Å². The number of rotatable bonds is 5. The first kappa shape index (κ1) is 21.3. The van der Waals surface area contributed by atoms with E-state index in [1.807, 2.05) is 26.0 Å². The summed E-state index contributed by atoms with van der Waals surface area (Å²) in [5.41, 5.74) is 3.14. The second-order valence-electron chi connectivity index (χ2n) is 7.99. The number of hydrogen-bond donors (Lipinski definition) is 1. The molecule has 162 valence electrons. The lowest BCUT2D eigenvalue weighted by Crippen LogP contribution is -2.35. The summed E-state index contributed by atoms with van der Waals surface area (Å²) in [6, 6.07) is 10.5. The summed E-state index contributed by atoms with van der Waals surface area (Å²) < 4.78 is 16.9. The number of nitrogens with one attached hydrogen (secondary N) is 1. The van der Waals surface area contributed by atoms with Crippen molar-refractivity contribution in [2.45, 2.75) is 52.2 Å². The van der Waals surface area contributed by atoms with Crippen LogP contribution in [0.2, 0.25) is 5.02 Å². The molecule has 0 aliphatic carbocycles. The first-order chi connectivity index (χ1) is 14.8. The van der Waals surface area contributed by atoms with Crippen molar-refractivity contribution < 1.29 is 9.18 Å². The zero-order valence-corrected chi connectivity index (χ0v) is 18.2. The minimum absolute atomic E-state index is 0.0822. The maximum Gasteiger partial charge on any atom is 0.346 e. The molecule has 2 heterocycles. The fourth-order valence-corrected chi connectivity index (χ4v) is 4.21. The van der Waals surface area contributed by atoms with E-state index in [2.05, 4.69) is 16.5 Å². The van der Waals surface area contributed by atoms with E-state index in [-0.39, 0.29) is 28.7 Å². The van der Waals surface area contributed by atoms with Crippen molar-refractivity contribution in [3.05, 3.63) is 85.8 Å². The molecule has 0 spiro atoms. The van der Waals surface area contributed by atoms with Crippen molar-refractivity contribution in [3.8, 4) is 0 Å². The third-order valence-corrected chi connectivity index (χ3v) is 6.14. The van der Waals surface area contributed by atoms with Gasteiger partial charge in [0.05, 0.1) is 12.5 Å². The molecule has 1 unspecified atom stereocenters. The zero-order valence-electron chi connectivity index (χ0n) is 17.5. The summed E-state index contributed by atoms with van der Waals surface area (Å²) in [7, 11) is 0. The summed E-state index contributed by atoms with van der Waals surface area (Å²) in [6.45, 7) is 4.84. The number of aromatic nitrogens is 3. The van der Waals surface area contributed by atoms with Crippen LogP contribution >= 0.6 is 11.6 Å². The first-order valence-electron chi connectivity index (χ1n) is 10.3. The molecule has 0 saturated heterocycles. The monoisotopic (exact) mass is 442 g/mol. The van der Waals surface area contributed by atoms with Crippen molar-refractivity contribution >= 4 is 17.5 Å². The standard InChI is InChI=1S/C23H24ClFN4O2/c1-14-8-9-15(2)16(11-14)12-26-22(30)17-5-4-10-28-21(17)27-29(23(28)31)13-18-19(24)6-3-7-20(18)25/h3,6-9,11,17H,4-5,10,12-13H2,1-2H3,(H,26,30). The number of hydrogen-bond acceptors (Lipinski definition) is 3. The van der Waals surface area contributed by atoms with Crippen LogP contribution in [-0.2, 0) is 24.4 Å². The van der Waals surface area contributed by atoms with E-state index in [0.29, 0.717) is 31.8 Å². The molecule has 31 heavy (non-hydrogen) atoms. The van der Waals surface area contributed by atoms with Gasteiger partial charge >= 0.3 is 5.69 Å². The second kappa shape index (κ2) is 8.67. The molecule has 0 radical (unpaired) electrons. The van der Waals surface area contributed by atoms with Gasteiger partial charge in [0.25, 0.3) is 0 Å². The van der Waals surface area contributed by atoms with Crippen LogP contribution in [-0.4, -0.2) is 20.3 Å². The van der Waals surface area contributed by atoms with Crippen LogP contribution < -0.4 is 11.0 Å². The van der Waals surface area contributed by atoms with Crippen molar-refractivity contribution in [2.24, 2.45) is 0 Å². The predicted molar refractivity (Wildman–Crippen MR) is 117 cm³/mol. The summed E-state index contributed by atoms with van der Waals surface area (Å²) in [4.78, 5) is 25.8. The molecule has 6 nitrogen and oxygen atoms in total. The zero-order chi connectivity index (χ0) is 22.1. The third kappa shape index (κ3) is 4.28. The van der Waals surface area contributed by atoms with E-state index in [4.69, 9.17) is 11.6 Å². The van der Waals surface area contributed by atoms with Gasteiger partial charge in [0.2, 0.25) is 5.91 Å². The summed E-state index contributed by atoms with van der Waals surface area (Å²) in [5, 5.41) is 7.62. The largest absolute Gasteiger partial charge is 0.351 e. The molecular weight excluding hydrogens is 419 g/mol. The lowest BCUT2D eigenvalue weighted by atomic mass is 9.97. The van der Waals surface area contributed by atoms with Gasteiger partial charge in [-0.05, 0) is 49.9 Å². The normalized spacial score (nSPS) is 15.5. The molecule has 1 N–H and O–H groups in total. The molecule has 1 aromatic heterocycles. The third-order valence-electron chi connectivity index (χ3n) is 5.78.